The minimum Gasteiger partial charge on any atom is -0.449 e. The molecule has 0 spiro atoms. The average Bonchev–Trinajstić information content (AvgIpc) is 2.86. The number of amides is 1. The van der Waals surface area contributed by atoms with Crippen molar-refractivity contribution in [1.29, 1.82) is 0 Å². The SMILES string of the molecule is N[C@H]1COC[C@@H]1N1CCC(N2CCCOC2=O)CC1. The minimum atomic E-state index is -0.134. The number of cyclic esters (lactones) is 1. The maximum atomic E-state index is 11.7. The van der Waals surface area contributed by atoms with Crippen LogP contribution in [0.15, 0.2) is 0 Å². The van der Waals surface area contributed by atoms with E-state index in [0.29, 0.717) is 25.3 Å². The van der Waals surface area contributed by atoms with E-state index in [4.69, 9.17) is 15.2 Å². The van der Waals surface area contributed by atoms with Crippen molar-refractivity contribution in [2.24, 2.45) is 5.73 Å². The molecular weight excluding hydrogens is 246 g/mol. The number of likely N-dealkylation sites (tertiary alicyclic amines) is 1. The van der Waals surface area contributed by atoms with E-state index in [2.05, 4.69) is 4.90 Å². The highest BCUT2D eigenvalue weighted by atomic mass is 16.6. The molecule has 0 aromatic heterocycles. The van der Waals surface area contributed by atoms with Crippen LogP contribution in [0.3, 0.4) is 0 Å². The van der Waals surface area contributed by atoms with Gasteiger partial charge in [0.05, 0.1) is 25.9 Å². The van der Waals surface area contributed by atoms with E-state index in [1.807, 2.05) is 4.90 Å². The van der Waals surface area contributed by atoms with Crippen molar-refractivity contribution in [2.45, 2.75) is 37.4 Å². The molecule has 0 radical (unpaired) electrons. The van der Waals surface area contributed by atoms with Crippen LogP contribution in [0.4, 0.5) is 4.79 Å². The van der Waals surface area contributed by atoms with E-state index in [1.165, 1.54) is 0 Å². The molecule has 108 valence electrons. The lowest BCUT2D eigenvalue weighted by Gasteiger charge is -2.41. The van der Waals surface area contributed by atoms with Crippen LogP contribution in [0.25, 0.3) is 0 Å². The van der Waals surface area contributed by atoms with Crippen LogP contribution >= 0.6 is 0 Å². The smallest absolute Gasteiger partial charge is 0.410 e. The highest BCUT2D eigenvalue weighted by molar-refractivity contribution is 5.68. The predicted molar refractivity (Wildman–Crippen MR) is 69.8 cm³/mol. The summed E-state index contributed by atoms with van der Waals surface area (Å²) < 4.78 is 10.6. The van der Waals surface area contributed by atoms with Gasteiger partial charge in [0, 0.05) is 31.7 Å². The van der Waals surface area contributed by atoms with Gasteiger partial charge in [-0.25, -0.2) is 4.79 Å². The maximum Gasteiger partial charge on any atom is 0.410 e. The van der Waals surface area contributed by atoms with Gasteiger partial charge in [-0.1, -0.05) is 0 Å². The van der Waals surface area contributed by atoms with Gasteiger partial charge in [-0.15, -0.1) is 0 Å². The molecule has 6 heteroatoms. The third-order valence-corrected chi connectivity index (χ3v) is 4.51. The van der Waals surface area contributed by atoms with Gasteiger partial charge < -0.3 is 20.1 Å². The Morgan fingerprint density at radius 1 is 1.16 bits per heavy atom. The first-order valence-corrected chi connectivity index (χ1v) is 7.26. The molecule has 3 fully saturated rings. The monoisotopic (exact) mass is 269 g/mol. The summed E-state index contributed by atoms with van der Waals surface area (Å²) in [6, 6.07) is 0.827. The first-order valence-electron chi connectivity index (χ1n) is 7.26. The molecule has 2 atom stereocenters. The molecule has 0 saturated carbocycles. The zero-order valence-electron chi connectivity index (χ0n) is 11.3. The van der Waals surface area contributed by atoms with Crippen LogP contribution in [0, 0.1) is 0 Å². The maximum absolute atomic E-state index is 11.7. The summed E-state index contributed by atoms with van der Waals surface area (Å²) in [4.78, 5) is 16.1. The normalized spacial score (nSPS) is 34.6. The van der Waals surface area contributed by atoms with E-state index in [0.717, 1.165) is 45.5 Å². The average molecular weight is 269 g/mol. The van der Waals surface area contributed by atoms with Crippen LogP contribution < -0.4 is 5.73 Å². The minimum absolute atomic E-state index is 0.134. The molecule has 0 unspecified atom stereocenters. The summed E-state index contributed by atoms with van der Waals surface area (Å²) in [5.41, 5.74) is 6.06. The molecule has 2 N–H and O–H groups in total. The molecule has 3 aliphatic heterocycles. The lowest BCUT2D eigenvalue weighted by molar-refractivity contribution is 0.0299. The standard InChI is InChI=1S/C13H23N3O3/c14-11-8-18-9-12(11)15-5-2-10(3-6-15)16-4-1-7-19-13(16)17/h10-12H,1-9,14H2/t11-,12-/m0/s1. The molecule has 3 aliphatic rings. The van der Waals surface area contributed by atoms with Gasteiger partial charge in [0.1, 0.15) is 0 Å². The van der Waals surface area contributed by atoms with Crippen molar-refractivity contribution in [3.63, 3.8) is 0 Å². The van der Waals surface area contributed by atoms with Gasteiger partial charge in [0.2, 0.25) is 0 Å². The molecule has 0 bridgehead atoms. The van der Waals surface area contributed by atoms with Crippen LogP contribution in [-0.2, 0) is 9.47 Å². The molecule has 3 saturated heterocycles. The predicted octanol–water partition coefficient (Wildman–Crippen LogP) is 0.0192. The fraction of sp³-hybridized carbons (Fsp3) is 0.923. The van der Waals surface area contributed by atoms with E-state index in [-0.39, 0.29) is 12.1 Å². The summed E-state index contributed by atoms with van der Waals surface area (Å²) in [5.74, 6) is 0. The zero-order valence-corrected chi connectivity index (χ0v) is 11.3. The number of hydrogen-bond acceptors (Lipinski definition) is 5. The first kappa shape index (κ1) is 13.1. The van der Waals surface area contributed by atoms with Crippen LogP contribution in [0.5, 0.6) is 0 Å². The van der Waals surface area contributed by atoms with E-state index in [9.17, 15) is 4.79 Å². The topological polar surface area (TPSA) is 68.0 Å². The Labute approximate surface area is 113 Å². The Bertz CT molecular complexity index is 331. The summed E-state index contributed by atoms with van der Waals surface area (Å²) in [5, 5.41) is 0. The number of nitrogens with two attached hydrogens (primary N) is 1. The number of carbonyl (C=O) groups is 1. The van der Waals surface area contributed by atoms with Crippen molar-refractivity contribution >= 4 is 6.09 Å². The molecule has 19 heavy (non-hydrogen) atoms. The molecule has 0 aliphatic carbocycles. The second kappa shape index (κ2) is 5.64. The second-order valence-electron chi connectivity index (χ2n) is 5.70. The molecule has 3 rings (SSSR count). The lowest BCUT2D eigenvalue weighted by atomic mass is 10.00. The Morgan fingerprint density at radius 3 is 2.58 bits per heavy atom. The quantitative estimate of drug-likeness (QED) is 0.765. The Kier molecular flexibility index (Phi) is 3.91. The number of ether oxygens (including phenoxy) is 2. The number of hydrogen-bond donors (Lipinski definition) is 1. The van der Waals surface area contributed by atoms with Gasteiger partial charge >= 0.3 is 6.09 Å². The summed E-state index contributed by atoms with van der Waals surface area (Å²) in [6.07, 6.45) is 2.84. The highest BCUT2D eigenvalue weighted by Crippen LogP contribution is 2.23. The number of piperidine rings is 1. The second-order valence-corrected chi connectivity index (χ2v) is 5.70. The van der Waals surface area contributed by atoms with Gasteiger partial charge in [-0.05, 0) is 19.3 Å². The molecular formula is C13H23N3O3. The third-order valence-electron chi connectivity index (χ3n) is 4.51. The summed E-state index contributed by atoms with van der Waals surface area (Å²) in [7, 11) is 0. The van der Waals surface area contributed by atoms with Crippen molar-refractivity contribution in [2.75, 3.05) is 39.5 Å². The van der Waals surface area contributed by atoms with Crippen molar-refractivity contribution < 1.29 is 14.3 Å². The van der Waals surface area contributed by atoms with Crippen LogP contribution in [0.1, 0.15) is 19.3 Å². The van der Waals surface area contributed by atoms with Gasteiger partial charge in [-0.3, -0.25) is 4.90 Å². The molecule has 3 heterocycles. The summed E-state index contributed by atoms with van der Waals surface area (Å²) >= 11 is 0. The number of rotatable bonds is 2. The molecule has 6 nitrogen and oxygen atoms in total. The van der Waals surface area contributed by atoms with E-state index in [1.54, 1.807) is 0 Å². The Balaban J connectivity index is 1.52. The van der Waals surface area contributed by atoms with Crippen molar-refractivity contribution in [3.05, 3.63) is 0 Å². The fourth-order valence-corrected chi connectivity index (χ4v) is 3.37. The Morgan fingerprint density at radius 2 is 1.95 bits per heavy atom. The highest BCUT2D eigenvalue weighted by Gasteiger charge is 2.36. The van der Waals surface area contributed by atoms with E-state index >= 15 is 0 Å². The molecule has 0 aromatic rings. The van der Waals surface area contributed by atoms with E-state index < -0.39 is 0 Å². The fourth-order valence-electron chi connectivity index (χ4n) is 3.37. The van der Waals surface area contributed by atoms with Gasteiger partial charge in [0.25, 0.3) is 0 Å². The largest absolute Gasteiger partial charge is 0.449 e. The Hall–Kier alpha value is -0.850. The molecule has 0 aromatic carbocycles. The summed E-state index contributed by atoms with van der Waals surface area (Å²) in [6.45, 7) is 4.82. The van der Waals surface area contributed by atoms with Crippen molar-refractivity contribution in [3.8, 4) is 0 Å². The van der Waals surface area contributed by atoms with Crippen LogP contribution in [0.2, 0.25) is 0 Å². The first-order chi connectivity index (χ1) is 9.25. The van der Waals surface area contributed by atoms with Gasteiger partial charge in [0.15, 0.2) is 0 Å². The third kappa shape index (κ3) is 2.70. The lowest BCUT2D eigenvalue weighted by Crippen LogP contribution is -2.54. The zero-order chi connectivity index (χ0) is 13.2. The molecule has 1 amide bonds. The van der Waals surface area contributed by atoms with Crippen LogP contribution in [-0.4, -0.2) is 73.5 Å². The number of nitrogens with zero attached hydrogens (tertiary/aromatic N) is 2. The van der Waals surface area contributed by atoms with Crippen molar-refractivity contribution in [1.82, 2.24) is 9.80 Å². The number of carbonyl (C=O) groups excluding carboxylic acids is 1. The van der Waals surface area contributed by atoms with Gasteiger partial charge in [-0.2, -0.15) is 0 Å².